The Kier molecular flexibility index (Phi) is 7.56. The van der Waals surface area contributed by atoms with Gasteiger partial charge in [-0.25, -0.2) is 0 Å². The Balaban J connectivity index is 2.39. The van der Waals surface area contributed by atoms with E-state index >= 15 is 0 Å². The van der Waals surface area contributed by atoms with E-state index in [-0.39, 0.29) is 5.91 Å². The van der Waals surface area contributed by atoms with E-state index in [2.05, 4.69) is 19.2 Å². The zero-order valence-electron chi connectivity index (χ0n) is 11.7. The van der Waals surface area contributed by atoms with Crippen molar-refractivity contribution in [2.45, 2.75) is 26.7 Å². The third-order valence-electron chi connectivity index (χ3n) is 2.64. The number of thioether (sulfide) groups is 1. The van der Waals surface area contributed by atoms with E-state index in [1.54, 1.807) is 23.9 Å². The van der Waals surface area contributed by atoms with E-state index < -0.39 is 0 Å². The van der Waals surface area contributed by atoms with Gasteiger partial charge in [-0.3, -0.25) is 4.79 Å². The van der Waals surface area contributed by atoms with Gasteiger partial charge in [-0.1, -0.05) is 37.0 Å². The second-order valence-electron chi connectivity index (χ2n) is 4.95. The van der Waals surface area contributed by atoms with Crippen molar-refractivity contribution in [3.05, 3.63) is 22.2 Å². The van der Waals surface area contributed by atoms with Crippen LogP contribution in [0.15, 0.2) is 12.1 Å². The van der Waals surface area contributed by atoms with Gasteiger partial charge in [-0.2, -0.15) is 11.8 Å². The largest absolute Gasteiger partial charge is 0.399 e. The Bertz CT molecular complexity index is 443. The first-order valence-corrected chi connectivity index (χ1v) is 8.43. The van der Waals surface area contributed by atoms with Gasteiger partial charge in [-0.05, 0) is 30.2 Å². The van der Waals surface area contributed by atoms with Crippen LogP contribution in [0.3, 0.4) is 0 Å². The topological polar surface area (TPSA) is 55.1 Å². The molecule has 20 heavy (non-hydrogen) atoms. The molecule has 1 aromatic rings. The van der Waals surface area contributed by atoms with Crippen LogP contribution >= 0.6 is 35.0 Å². The van der Waals surface area contributed by atoms with Crippen LogP contribution < -0.4 is 11.1 Å². The minimum atomic E-state index is -0.0874. The number of halogens is 2. The Morgan fingerprint density at radius 2 is 1.90 bits per heavy atom. The van der Waals surface area contributed by atoms with Crippen molar-refractivity contribution < 1.29 is 4.79 Å². The van der Waals surface area contributed by atoms with Gasteiger partial charge < -0.3 is 11.1 Å². The summed E-state index contributed by atoms with van der Waals surface area (Å²) in [5.41, 5.74) is 6.52. The quantitative estimate of drug-likeness (QED) is 0.562. The molecule has 0 radical (unpaired) electrons. The molecule has 1 rings (SSSR count). The predicted molar refractivity (Wildman–Crippen MR) is 90.9 cm³/mol. The first-order chi connectivity index (χ1) is 9.40. The van der Waals surface area contributed by atoms with E-state index in [0.29, 0.717) is 33.8 Å². The number of rotatable bonds is 7. The van der Waals surface area contributed by atoms with Gasteiger partial charge in [0.2, 0.25) is 5.91 Å². The summed E-state index contributed by atoms with van der Waals surface area (Å²) >= 11 is 13.8. The minimum Gasteiger partial charge on any atom is -0.399 e. The molecule has 1 aromatic carbocycles. The number of carbonyl (C=O) groups excluding carboxylic acids is 1. The molecule has 0 fully saturated rings. The Labute approximate surface area is 134 Å². The molecule has 0 aliphatic rings. The van der Waals surface area contributed by atoms with Crippen LogP contribution in [0.5, 0.6) is 0 Å². The lowest BCUT2D eigenvalue weighted by Crippen LogP contribution is -2.13. The molecule has 3 N–H and O–H groups in total. The number of hydrogen-bond acceptors (Lipinski definition) is 3. The number of benzene rings is 1. The highest BCUT2D eigenvalue weighted by atomic mass is 35.5. The average molecular weight is 335 g/mol. The van der Waals surface area contributed by atoms with Gasteiger partial charge in [0.1, 0.15) is 0 Å². The van der Waals surface area contributed by atoms with E-state index in [0.717, 1.165) is 11.5 Å². The molecule has 0 aliphatic carbocycles. The molecule has 3 nitrogen and oxygen atoms in total. The van der Waals surface area contributed by atoms with E-state index in [1.807, 2.05) is 0 Å². The summed E-state index contributed by atoms with van der Waals surface area (Å²) in [7, 11) is 0. The van der Waals surface area contributed by atoms with Crippen LogP contribution in [0.1, 0.15) is 26.7 Å². The van der Waals surface area contributed by atoms with Gasteiger partial charge in [0.05, 0.1) is 15.7 Å². The highest BCUT2D eigenvalue weighted by Gasteiger charge is 2.10. The molecule has 1 amide bonds. The second-order valence-corrected chi connectivity index (χ2v) is 6.99. The number of hydrogen-bond donors (Lipinski definition) is 2. The normalized spacial score (nSPS) is 10.8. The van der Waals surface area contributed by atoms with E-state index in [1.165, 1.54) is 6.42 Å². The highest BCUT2D eigenvalue weighted by molar-refractivity contribution is 7.99. The molecule has 0 unspecified atom stereocenters. The summed E-state index contributed by atoms with van der Waals surface area (Å²) in [5, 5.41) is 3.45. The SMILES string of the molecule is CC(C)CCSCCC(=O)Nc1c(Cl)cc(N)cc1Cl. The number of nitrogen functional groups attached to an aromatic ring is 1. The van der Waals surface area contributed by atoms with Crippen molar-refractivity contribution in [2.24, 2.45) is 5.92 Å². The molecule has 0 saturated carbocycles. The van der Waals surface area contributed by atoms with Crippen LogP contribution in [-0.2, 0) is 4.79 Å². The maximum atomic E-state index is 11.8. The van der Waals surface area contributed by atoms with Crippen molar-refractivity contribution >= 4 is 52.2 Å². The zero-order valence-corrected chi connectivity index (χ0v) is 14.0. The molecule has 6 heteroatoms. The number of anilines is 2. The van der Waals surface area contributed by atoms with Crippen LogP contribution in [0.4, 0.5) is 11.4 Å². The fraction of sp³-hybridized carbons (Fsp3) is 0.500. The standard InChI is InChI=1S/C14H20Cl2N2OS/c1-9(2)3-5-20-6-4-13(19)18-14-11(15)7-10(17)8-12(14)16/h7-9H,3-6,17H2,1-2H3,(H,18,19). The van der Waals surface area contributed by atoms with Crippen molar-refractivity contribution in [2.75, 3.05) is 22.6 Å². The van der Waals surface area contributed by atoms with Crippen LogP contribution in [0.2, 0.25) is 10.0 Å². The number of nitrogens with one attached hydrogen (secondary N) is 1. The van der Waals surface area contributed by atoms with E-state index in [4.69, 9.17) is 28.9 Å². The van der Waals surface area contributed by atoms with Crippen molar-refractivity contribution in [3.8, 4) is 0 Å². The summed E-state index contributed by atoms with van der Waals surface area (Å²) in [5.74, 6) is 2.48. The molecule has 0 aliphatic heterocycles. The molecule has 0 aromatic heterocycles. The third-order valence-corrected chi connectivity index (χ3v) is 4.26. The summed E-state index contributed by atoms with van der Waals surface area (Å²) < 4.78 is 0. The third kappa shape index (κ3) is 6.25. The van der Waals surface area contributed by atoms with Crippen molar-refractivity contribution in [1.29, 1.82) is 0 Å². The Hall–Kier alpha value is -0.580. The maximum absolute atomic E-state index is 11.8. The lowest BCUT2D eigenvalue weighted by molar-refractivity contribution is -0.115. The molecule has 0 bridgehead atoms. The van der Waals surface area contributed by atoms with Crippen molar-refractivity contribution in [3.63, 3.8) is 0 Å². The molecule has 112 valence electrons. The molecule has 0 heterocycles. The molecule has 0 atom stereocenters. The van der Waals surface area contributed by atoms with Crippen molar-refractivity contribution in [1.82, 2.24) is 0 Å². The fourth-order valence-corrected chi connectivity index (χ4v) is 3.27. The molecule has 0 spiro atoms. The van der Waals surface area contributed by atoms with Gasteiger partial charge in [-0.15, -0.1) is 0 Å². The summed E-state index contributed by atoms with van der Waals surface area (Å²) in [6.07, 6.45) is 1.61. The lowest BCUT2D eigenvalue weighted by Gasteiger charge is -2.10. The average Bonchev–Trinajstić information content (AvgIpc) is 2.33. The van der Waals surface area contributed by atoms with Gasteiger partial charge in [0, 0.05) is 17.9 Å². The van der Waals surface area contributed by atoms with Gasteiger partial charge >= 0.3 is 0 Å². The van der Waals surface area contributed by atoms with Crippen LogP contribution in [0.25, 0.3) is 0 Å². The summed E-state index contributed by atoms with van der Waals surface area (Å²) in [6, 6.07) is 3.14. The van der Waals surface area contributed by atoms with Gasteiger partial charge in [0.15, 0.2) is 0 Å². The summed E-state index contributed by atoms with van der Waals surface area (Å²) in [4.78, 5) is 11.8. The molecular weight excluding hydrogens is 315 g/mol. The zero-order chi connectivity index (χ0) is 15.1. The number of nitrogens with two attached hydrogens (primary N) is 1. The minimum absolute atomic E-state index is 0.0874. The Morgan fingerprint density at radius 1 is 1.30 bits per heavy atom. The number of amides is 1. The van der Waals surface area contributed by atoms with E-state index in [9.17, 15) is 4.79 Å². The predicted octanol–water partition coefficient (Wildman–Crippen LogP) is 4.68. The monoisotopic (exact) mass is 334 g/mol. The molecule has 0 saturated heterocycles. The number of carbonyl (C=O) groups is 1. The van der Waals surface area contributed by atoms with Gasteiger partial charge in [0.25, 0.3) is 0 Å². The first kappa shape index (κ1) is 17.5. The van der Waals surface area contributed by atoms with Crippen LogP contribution in [-0.4, -0.2) is 17.4 Å². The molecular formula is C14H20Cl2N2OS. The smallest absolute Gasteiger partial charge is 0.225 e. The Morgan fingerprint density at radius 3 is 2.45 bits per heavy atom. The maximum Gasteiger partial charge on any atom is 0.225 e. The highest BCUT2D eigenvalue weighted by Crippen LogP contribution is 2.32. The fourth-order valence-electron chi connectivity index (χ4n) is 1.50. The summed E-state index contributed by atoms with van der Waals surface area (Å²) in [6.45, 7) is 4.39. The lowest BCUT2D eigenvalue weighted by atomic mass is 10.2. The second kappa shape index (κ2) is 8.65. The first-order valence-electron chi connectivity index (χ1n) is 6.52. The van der Waals surface area contributed by atoms with Crippen LogP contribution in [0, 0.1) is 5.92 Å².